The van der Waals surface area contributed by atoms with Gasteiger partial charge in [0.1, 0.15) is 11.9 Å². The fraction of sp³-hybridized carbons (Fsp3) is 0.368. The van der Waals surface area contributed by atoms with Gasteiger partial charge in [-0.3, -0.25) is 0 Å². The summed E-state index contributed by atoms with van der Waals surface area (Å²) < 4.78 is 27.9. The summed E-state index contributed by atoms with van der Waals surface area (Å²) in [5.74, 6) is 0.943. The summed E-state index contributed by atoms with van der Waals surface area (Å²) in [4.78, 5) is 6.63. The van der Waals surface area contributed by atoms with E-state index in [1.807, 2.05) is 0 Å². The van der Waals surface area contributed by atoms with Crippen LogP contribution in [0.15, 0.2) is 41.4 Å². The molecule has 0 saturated carbocycles. The van der Waals surface area contributed by atoms with Crippen LogP contribution in [0.3, 0.4) is 0 Å². The first kappa shape index (κ1) is 19.6. The van der Waals surface area contributed by atoms with Gasteiger partial charge >= 0.3 is 0 Å². The van der Waals surface area contributed by atoms with E-state index in [2.05, 4.69) is 20.7 Å². The number of benzene rings is 1. The van der Waals surface area contributed by atoms with E-state index < -0.39 is 10.0 Å². The number of hydrogen-bond acceptors (Lipinski definition) is 5. The molecule has 1 aliphatic heterocycles. The van der Waals surface area contributed by atoms with E-state index in [4.69, 9.17) is 11.6 Å². The van der Waals surface area contributed by atoms with E-state index in [0.717, 1.165) is 25.9 Å². The Morgan fingerprint density at radius 3 is 2.78 bits per heavy atom. The minimum absolute atomic E-state index is 0.222. The average molecular weight is 405 g/mol. The zero-order valence-corrected chi connectivity index (χ0v) is 16.6. The van der Waals surface area contributed by atoms with Gasteiger partial charge in [-0.25, -0.2) is 18.1 Å². The molecule has 1 N–H and O–H groups in total. The van der Waals surface area contributed by atoms with Crippen molar-refractivity contribution in [2.75, 3.05) is 24.5 Å². The van der Waals surface area contributed by atoms with Gasteiger partial charge in [0.2, 0.25) is 10.0 Å². The van der Waals surface area contributed by atoms with Crippen LogP contribution < -0.4 is 9.62 Å². The van der Waals surface area contributed by atoms with Crippen molar-refractivity contribution in [2.24, 2.45) is 5.92 Å². The monoisotopic (exact) mass is 404 g/mol. The molecule has 6 nitrogen and oxygen atoms in total. The summed E-state index contributed by atoms with van der Waals surface area (Å²) in [6, 6.07) is 10.5. The number of sulfonamides is 1. The van der Waals surface area contributed by atoms with Crippen LogP contribution in [0.25, 0.3) is 0 Å². The number of anilines is 1. The third-order valence-electron chi connectivity index (χ3n) is 4.82. The van der Waals surface area contributed by atoms with Crippen molar-refractivity contribution in [1.29, 1.82) is 5.26 Å². The van der Waals surface area contributed by atoms with E-state index in [-0.39, 0.29) is 10.8 Å². The number of piperidine rings is 1. The molecule has 1 saturated heterocycles. The second-order valence-corrected chi connectivity index (χ2v) is 8.85. The summed E-state index contributed by atoms with van der Waals surface area (Å²) in [7, 11) is -3.59. The quantitative estimate of drug-likeness (QED) is 0.827. The first-order chi connectivity index (χ1) is 12.9. The molecule has 0 spiro atoms. The molecule has 0 unspecified atom stereocenters. The van der Waals surface area contributed by atoms with Gasteiger partial charge in [0, 0.05) is 30.9 Å². The molecule has 1 aliphatic rings. The van der Waals surface area contributed by atoms with Gasteiger partial charge < -0.3 is 4.90 Å². The zero-order valence-electron chi connectivity index (χ0n) is 15.0. The van der Waals surface area contributed by atoms with Crippen molar-refractivity contribution in [3.8, 4) is 6.07 Å². The van der Waals surface area contributed by atoms with Crippen molar-refractivity contribution in [2.45, 2.75) is 24.7 Å². The van der Waals surface area contributed by atoms with Crippen LogP contribution in [0.4, 0.5) is 5.82 Å². The van der Waals surface area contributed by atoms with Crippen LogP contribution in [0, 0.1) is 24.2 Å². The van der Waals surface area contributed by atoms with Gasteiger partial charge in [-0.1, -0.05) is 17.7 Å². The summed E-state index contributed by atoms with van der Waals surface area (Å²) in [5, 5.41) is 9.62. The molecule has 8 heteroatoms. The lowest BCUT2D eigenvalue weighted by molar-refractivity contribution is 0.400. The van der Waals surface area contributed by atoms with Gasteiger partial charge in [0.25, 0.3) is 0 Å². The smallest absolute Gasteiger partial charge is 0.240 e. The Hall–Kier alpha value is -2.14. The molecule has 2 heterocycles. The van der Waals surface area contributed by atoms with Crippen LogP contribution >= 0.6 is 11.6 Å². The fourth-order valence-corrected chi connectivity index (χ4v) is 4.88. The Bertz CT molecular complexity index is 964. The Morgan fingerprint density at radius 2 is 2.07 bits per heavy atom. The Kier molecular flexibility index (Phi) is 6.00. The molecule has 0 bridgehead atoms. The molecule has 27 heavy (non-hydrogen) atoms. The average Bonchev–Trinajstić information content (AvgIpc) is 2.68. The standard InChI is InChI=1S/C19H21ClN4O2S/c1-14-4-5-17(20)11-18(14)27(25,26)23-13-15-6-9-24(10-7-15)19-16(12-21)3-2-8-22-19/h2-5,8,11,15,23H,6-7,9-10,13H2,1H3. The highest BCUT2D eigenvalue weighted by Crippen LogP contribution is 2.25. The minimum atomic E-state index is -3.59. The lowest BCUT2D eigenvalue weighted by Gasteiger charge is -2.33. The number of nitriles is 1. The van der Waals surface area contributed by atoms with Crippen LogP contribution in [-0.4, -0.2) is 33.0 Å². The summed E-state index contributed by atoms with van der Waals surface area (Å²) >= 11 is 5.94. The molecule has 142 valence electrons. The lowest BCUT2D eigenvalue weighted by Crippen LogP contribution is -2.39. The van der Waals surface area contributed by atoms with E-state index in [1.165, 1.54) is 6.07 Å². The van der Waals surface area contributed by atoms with Gasteiger partial charge in [-0.2, -0.15) is 5.26 Å². The van der Waals surface area contributed by atoms with Crippen molar-refractivity contribution in [1.82, 2.24) is 9.71 Å². The first-order valence-corrected chi connectivity index (χ1v) is 10.6. The molecule has 3 rings (SSSR count). The molecule has 2 aromatic rings. The number of rotatable bonds is 5. The molecular formula is C19H21ClN4O2S. The normalized spacial score (nSPS) is 15.5. The maximum absolute atomic E-state index is 12.6. The molecule has 0 radical (unpaired) electrons. The van der Waals surface area contributed by atoms with Crippen molar-refractivity contribution in [3.63, 3.8) is 0 Å². The number of hydrogen-bond donors (Lipinski definition) is 1. The topological polar surface area (TPSA) is 86.1 Å². The number of aryl methyl sites for hydroxylation is 1. The van der Waals surface area contributed by atoms with Crippen LogP contribution in [0.2, 0.25) is 5.02 Å². The van der Waals surface area contributed by atoms with Gasteiger partial charge in [-0.15, -0.1) is 0 Å². The maximum atomic E-state index is 12.6. The molecule has 0 atom stereocenters. The largest absolute Gasteiger partial charge is 0.356 e. The zero-order chi connectivity index (χ0) is 19.4. The summed E-state index contributed by atoms with van der Waals surface area (Å²) in [6.07, 6.45) is 3.35. The number of nitrogens with one attached hydrogen (secondary N) is 1. The lowest BCUT2D eigenvalue weighted by atomic mass is 9.97. The van der Waals surface area contributed by atoms with Gasteiger partial charge in [0.05, 0.1) is 10.5 Å². The Labute approximate surface area is 164 Å². The van der Waals surface area contributed by atoms with Crippen LogP contribution in [0.5, 0.6) is 0 Å². The minimum Gasteiger partial charge on any atom is -0.356 e. The highest BCUT2D eigenvalue weighted by Gasteiger charge is 2.24. The molecule has 1 aromatic carbocycles. The SMILES string of the molecule is Cc1ccc(Cl)cc1S(=O)(=O)NCC1CCN(c2ncccc2C#N)CC1. The third-order valence-corrected chi connectivity index (χ3v) is 6.62. The summed E-state index contributed by atoms with van der Waals surface area (Å²) in [5.41, 5.74) is 1.23. The molecule has 1 fully saturated rings. The highest BCUT2D eigenvalue weighted by molar-refractivity contribution is 7.89. The molecular weight excluding hydrogens is 384 g/mol. The summed E-state index contributed by atoms with van der Waals surface area (Å²) in [6.45, 7) is 3.63. The van der Waals surface area contributed by atoms with Crippen molar-refractivity contribution in [3.05, 3.63) is 52.7 Å². The number of pyridine rings is 1. The van der Waals surface area contributed by atoms with Crippen LogP contribution in [0.1, 0.15) is 24.0 Å². The van der Waals surface area contributed by atoms with Crippen molar-refractivity contribution < 1.29 is 8.42 Å². The maximum Gasteiger partial charge on any atom is 0.240 e. The third kappa shape index (κ3) is 4.59. The predicted molar refractivity (Wildman–Crippen MR) is 105 cm³/mol. The number of halogens is 1. The number of aromatic nitrogens is 1. The van der Waals surface area contributed by atoms with E-state index in [1.54, 1.807) is 37.4 Å². The van der Waals surface area contributed by atoms with E-state index >= 15 is 0 Å². The first-order valence-electron chi connectivity index (χ1n) is 8.76. The Morgan fingerprint density at radius 1 is 1.33 bits per heavy atom. The van der Waals surface area contributed by atoms with E-state index in [9.17, 15) is 13.7 Å². The van der Waals surface area contributed by atoms with E-state index in [0.29, 0.717) is 28.5 Å². The predicted octanol–water partition coefficient (Wildman–Crippen LogP) is 3.11. The molecule has 0 aliphatic carbocycles. The fourth-order valence-electron chi connectivity index (χ4n) is 3.25. The number of nitrogens with zero attached hydrogens (tertiary/aromatic N) is 3. The van der Waals surface area contributed by atoms with Gasteiger partial charge in [0.15, 0.2) is 0 Å². The van der Waals surface area contributed by atoms with Crippen molar-refractivity contribution >= 4 is 27.4 Å². The Balaban J connectivity index is 1.60. The molecule has 1 aromatic heterocycles. The second-order valence-electron chi connectivity index (χ2n) is 6.68. The van der Waals surface area contributed by atoms with Crippen LogP contribution in [-0.2, 0) is 10.0 Å². The van der Waals surface area contributed by atoms with Gasteiger partial charge in [-0.05, 0) is 55.5 Å². The molecule has 0 amide bonds. The second kappa shape index (κ2) is 8.26. The highest BCUT2D eigenvalue weighted by atomic mass is 35.5.